The summed E-state index contributed by atoms with van der Waals surface area (Å²) in [6.45, 7) is 1.92. The molecule has 0 aromatic carbocycles. The lowest BCUT2D eigenvalue weighted by molar-refractivity contribution is 0.534. The molecule has 0 aliphatic carbocycles. The lowest BCUT2D eigenvalue weighted by Gasteiger charge is -1.99. The third kappa shape index (κ3) is 1.36. The van der Waals surface area contributed by atoms with Crippen LogP contribution in [0.1, 0.15) is 12.6 Å². The Hall–Kier alpha value is -1.30. The summed E-state index contributed by atoms with van der Waals surface area (Å²) in [6, 6.07) is 0. The quantitative estimate of drug-likeness (QED) is 0.801. The van der Waals surface area contributed by atoms with Crippen molar-refractivity contribution >= 4 is 22.7 Å². The topological polar surface area (TPSA) is 39.8 Å². The summed E-state index contributed by atoms with van der Waals surface area (Å²) in [4.78, 5) is 11.9. The second-order valence-corrected chi connectivity index (χ2v) is 4.16. The molecule has 0 bridgehead atoms. The highest BCUT2D eigenvalue weighted by Crippen LogP contribution is 2.21. The Kier molecular flexibility index (Phi) is 2.75. The van der Waals surface area contributed by atoms with Crippen molar-refractivity contribution in [3.8, 4) is 0 Å². The summed E-state index contributed by atoms with van der Waals surface area (Å²) >= 11 is 1.16. The summed E-state index contributed by atoms with van der Waals surface area (Å²) in [7, 11) is 1.62. The van der Waals surface area contributed by atoms with E-state index in [0.29, 0.717) is 11.8 Å². The molecule has 0 fully saturated rings. The lowest BCUT2D eigenvalue weighted by atomic mass is 10.2. The van der Waals surface area contributed by atoms with E-state index in [0.717, 1.165) is 17.6 Å². The van der Waals surface area contributed by atoms with Gasteiger partial charge in [-0.15, -0.1) is 0 Å². The Bertz CT molecular complexity index is 602. The fourth-order valence-corrected chi connectivity index (χ4v) is 2.28. The molecular formula is C10H12FN3OS. The smallest absolute Gasteiger partial charge is 0.289 e. The van der Waals surface area contributed by atoms with Gasteiger partial charge in [0.1, 0.15) is 5.39 Å². The van der Waals surface area contributed by atoms with Crippen molar-refractivity contribution in [2.45, 2.75) is 13.3 Å². The molecule has 0 unspecified atom stereocenters. The van der Waals surface area contributed by atoms with E-state index in [1.165, 1.54) is 8.65 Å². The monoisotopic (exact) mass is 241 g/mol. The molecule has 4 nitrogen and oxygen atoms in total. The third-order valence-electron chi connectivity index (χ3n) is 2.67. The van der Waals surface area contributed by atoms with Crippen molar-refractivity contribution in [3.63, 3.8) is 0 Å². The van der Waals surface area contributed by atoms with Crippen molar-refractivity contribution in [2.24, 2.45) is 7.05 Å². The first-order valence-electron chi connectivity index (χ1n) is 4.91. The maximum Gasteiger partial charge on any atom is 0.289 e. The van der Waals surface area contributed by atoms with E-state index >= 15 is 0 Å². The first kappa shape index (κ1) is 11.2. The molecule has 0 radical (unpaired) electrons. The minimum Gasteiger partial charge on any atom is -0.324 e. The van der Waals surface area contributed by atoms with Gasteiger partial charge in [0.05, 0.1) is 6.20 Å². The fraction of sp³-hybridized carbons (Fsp3) is 0.400. The van der Waals surface area contributed by atoms with Gasteiger partial charge in [0.25, 0.3) is 5.56 Å². The van der Waals surface area contributed by atoms with Crippen molar-refractivity contribution < 1.29 is 4.39 Å². The molecular weight excluding hydrogens is 229 g/mol. The maximum absolute atomic E-state index is 13.9. The van der Waals surface area contributed by atoms with Gasteiger partial charge in [0, 0.05) is 24.4 Å². The zero-order valence-corrected chi connectivity index (χ0v) is 10.1. The number of nitrogens with zero attached hydrogens (tertiary/aromatic N) is 3. The predicted molar refractivity (Wildman–Crippen MR) is 63.2 cm³/mol. The molecule has 2 heterocycles. The molecule has 0 aliphatic rings. The van der Waals surface area contributed by atoms with Crippen LogP contribution < -0.4 is 5.56 Å². The third-order valence-corrected chi connectivity index (χ3v) is 3.28. The minimum absolute atomic E-state index is 0.128. The van der Waals surface area contributed by atoms with Gasteiger partial charge < -0.3 is 4.57 Å². The Morgan fingerprint density at radius 3 is 2.81 bits per heavy atom. The van der Waals surface area contributed by atoms with Crippen LogP contribution in [0.2, 0.25) is 0 Å². The number of aryl methyl sites for hydroxylation is 1. The molecule has 0 spiro atoms. The van der Waals surface area contributed by atoms with Gasteiger partial charge in [-0.25, -0.2) is 0 Å². The summed E-state index contributed by atoms with van der Waals surface area (Å²) in [6.07, 6.45) is 3.94. The molecule has 0 aliphatic heterocycles. The summed E-state index contributed by atoms with van der Waals surface area (Å²) in [5.74, 6) is -0.484. The highest BCUT2D eigenvalue weighted by molar-refractivity contribution is 7.97. The van der Waals surface area contributed by atoms with Crippen molar-refractivity contribution in [1.29, 1.82) is 0 Å². The number of aromatic nitrogens is 3. The Balaban J connectivity index is 2.95. The molecule has 0 atom stereocenters. The summed E-state index contributed by atoms with van der Waals surface area (Å²) in [5, 5.41) is 4.71. The number of fused-ring (bicyclic) bond motifs is 1. The van der Waals surface area contributed by atoms with E-state index in [2.05, 4.69) is 5.10 Å². The van der Waals surface area contributed by atoms with Gasteiger partial charge in [0.2, 0.25) is 5.95 Å². The first-order chi connectivity index (χ1) is 7.61. The van der Waals surface area contributed by atoms with E-state index in [1.807, 2.05) is 6.92 Å². The zero-order valence-electron chi connectivity index (χ0n) is 9.32. The second kappa shape index (κ2) is 3.93. The highest BCUT2D eigenvalue weighted by atomic mass is 32.2. The van der Waals surface area contributed by atoms with E-state index in [1.54, 1.807) is 19.5 Å². The number of rotatable bonds is 2. The van der Waals surface area contributed by atoms with Crippen LogP contribution in [0.15, 0.2) is 11.0 Å². The maximum atomic E-state index is 13.9. The van der Waals surface area contributed by atoms with Crippen LogP contribution in [-0.4, -0.2) is 20.0 Å². The zero-order chi connectivity index (χ0) is 11.9. The Labute approximate surface area is 96.2 Å². The number of hydrogen-bond donors (Lipinski definition) is 0. The SMILES string of the molecule is CCc1c2cnn(SC)c(=O)c2c(F)n1C. The van der Waals surface area contributed by atoms with Crippen LogP contribution in [0.25, 0.3) is 10.8 Å². The minimum atomic E-state index is -0.484. The molecule has 2 rings (SSSR count). The van der Waals surface area contributed by atoms with Gasteiger partial charge >= 0.3 is 0 Å². The molecule has 2 aromatic rings. The van der Waals surface area contributed by atoms with E-state index < -0.39 is 11.5 Å². The Morgan fingerprint density at radius 2 is 2.25 bits per heavy atom. The van der Waals surface area contributed by atoms with E-state index in [-0.39, 0.29) is 5.39 Å². The Morgan fingerprint density at radius 1 is 1.56 bits per heavy atom. The molecule has 0 saturated carbocycles. The van der Waals surface area contributed by atoms with Gasteiger partial charge in [-0.3, -0.25) is 4.79 Å². The molecule has 0 saturated heterocycles. The van der Waals surface area contributed by atoms with Crippen LogP contribution in [0.5, 0.6) is 0 Å². The normalized spacial score (nSPS) is 11.2. The van der Waals surface area contributed by atoms with Gasteiger partial charge in [-0.1, -0.05) is 6.92 Å². The number of halogens is 1. The van der Waals surface area contributed by atoms with Crippen LogP contribution in [-0.2, 0) is 13.5 Å². The van der Waals surface area contributed by atoms with E-state index in [9.17, 15) is 9.18 Å². The van der Waals surface area contributed by atoms with Crippen molar-refractivity contribution in [3.05, 3.63) is 28.2 Å². The molecule has 0 amide bonds. The average molecular weight is 241 g/mol. The van der Waals surface area contributed by atoms with Gasteiger partial charge in [0.15, 0.2) is 0 Å². The summed E-state index contributed by atoms with van der Waals surface area (Å²) in [5.41, 5.74) is 0.406. The van der Waals surface area contributed by atoms with E-state index in [4.69, 9.17) is 0 Å². The molecule has 0 N–H and O–H groups in total. The van der Waals surface area contributed by atoms with Crippen molar-refractivity contribution in [2.75, 3.05) is 6.26 Å². The van der Waals surface area contributed by atoms with Gasteiger partial charge in [-0.05, 0) is 18.4 Å². The molecule has 16 heavy (non-hydrogen) atoms. The first-order valence-corrected chi connectivity index (χ1v) is 6.09. The highest BCUT2D eigenvalue weighted by Gasteiger charge is 2.17. The largest absolute Gasteiger partial charge is 0.324 e. The predicted octanol–water partition coefficient (Wildman–Crippen LogP) is 1.56. The molecule has 2 aromatic heterocycles. The van der Waals surface area contributed by atoms with Crippen LogP contribution in [0.3, 0.4) is 0 Å². The number of hydrogen-bond acceptors (Lipinski definition) is 3. The van der Waals surface area contributed by atoms with Crippen LogP contribution in [0, 0.1) is 5.95 Å². The lowest BCUT2D eigenvalue weighted by Crippen LogP contribution is -2.17. The van der Waals surface area contributed by atoms with Gasteiger partial charge in [-0.2, -0.15) is 13.6 Å². The summed E-state index contributed by atoms with van der Waals surface area (Å²) < 4.78 is 16.5. The standard InChI is InChI=1S/C10H12FN3OS/c1-4-7-6-5-12-14(16-3)10(15)8(6)9(11)13(7)2/h5H,4H2,1-3H3. The van der Waals surface area contributed by atoms with Crippen LogP contribution in [0.4, 0.5) is 4.39 Å². The fourth-order valence-electron chi connectivity index (χ4n) is 1.88. The van der Waals surface area contributed by atoms with Crippen LogP contribution >= 0.6 is 11.9 Å². The second-order valence-electron chi connectivity index (χ2n) is 3.44. The molecule has 86 valence electrons. The van der Waals surface area contributed by atoms with Crippen molar-refractivity contribution in [1.82, 2.24) is 13.8 Å². The molecule has 6 heteroatoms. The average Bonchev–Trinajstić information content (AvgIpc) is 2.53.